The highest BCUT2D eigenvalue weighted by molar-refractivity contribution is 5.98. The van der Waals surface area contributed by atoms with Crippen molar-refractivity contribution in [2.24, 2.45) is 5.92 Å². The van der Waals surface area contributed by atoms with Crippen LogP contribution in [0, 0.1) is 19.8 Å². The van der Waals surface area contributed by atoms with Crippen LogP contribution in [-0.4, -0.2) is 18.5 Å². The molecule has 2 rings (SSSR count). The molecule has 17 heavy (non-hydrogen) atoms. The Kier molecular flexibility index (Phi) is 3.63. The van der Waals surface area contributed by atoms with Gasteiger partial charge in [0.2, 0.25) is 0 Å². The van der Waals surface area contributed by atoms with Crippen molar-refractivity contribution in [1.29, 1.82) is 0 Å². The zero-order valence-electron chi connectivity index (χ0n) is 10.8. The fourth-order valence-corrected chi connectivity index (χ4v) is 2.68. The standard InChI is InChI=1S/C15H20O2/c1-4-14-13(5-6-17-14)15(16)12-8-10(2)7-11(3)9-12/h7-9,13-14H,4-6H2,1-3H3. The average molecular weight is 232 g/mol. The lowest BCUT2D eigenvalue weighted by atomic mass is 9.89. The third-order valence-corrected chi connectivity index (χ3v) is 3.45. The molecule has 1 aromatic rings. The normalized spacial score (nSPS) is 23.9. The maximum absolute atomic E-state index is 12.4. The first kappa shape index (κ1) is 12.3. The molecule has 0 N–H and O–H groups in total. The second kappa shape index (κ2) is 5.01. The first-order valence-corrected chi connectivity index (χ1v) is 6.36. The van der Waals surface area contributed by atoms with Gasteiger partial charge in [-0.2, -0.15) is 0 Å². The number of Topliss-reactive ketones (excluding diaryl/α,β-unsaturated/α-hetero) is 1. The highest BCUT2D eigenvalue weighted by Crippen LogP contribution is 2.27. The summed E-state index contributed by atoms with van der Waals surface area (Å²) in [5.41, 5.74) is 3.15. The summed E-state index contributed by atoms with van der Waals surface area (Å²) in [6.45, 7) is 6.87. The van der Waals surface area contributed by atoms with Crippen LogP contribution in [0.2, 0.25) is 0 Å². The van der Waals surface area contributed by atoms with Gasteiger partial charge in [-0.25, -0.2) is 0 Å². The molecule has 0 spiro atoms. The summed E-state index contributed by atoms with van der Waals surface area (Å²) in [6.07, 6.45) is 1.90. The second-order valence-corrected chi connectivity index (χ2v) is 4.95. The molecular weight excluding hydrogens is 212 g/mol. The zero-order chi connectivity index (χ0) is 12.4. The largest absolute Gasteiger partial charge is 0.377 e. The van der Waals surface area contributed by atoms with Gasteiger partial charge in [0.15, 0.2) is 5.78 Å². The molecule has 1 heterocycles. The van der Waals surface area contributed by atoms with Gasteiger partial charge < -0.3 is 4.74 Å². The van der Waals surface area contributed by atoms with E-state index in [0.717, 1.165) is 36.1 Å². The SMILES string of the molecule is CCC1OCCC1C(=O)c1cc(C)cc(C)c1. The summed E-state index contributed by atoms with van der Waals surface area (Å²) in [4.78, 5) is 12.4. The van der Waals surface area contributed by atoms with Crippen LogP contribution >= 0.6 is 0 Å². The molecule has 0 aromatic heterocycles. The van der Waals surface area contributed by atoms with Gasteiger partial charge in [-0.15, -0.1) is 0 Å². The molecule has 1 fully saturated rings. The molecule has 1 aromatic carbocycles. The van der Waals surface area contributed by atoms with Gasteiger partial charge in [0.25, 0.3) is 0 Å². The van der Waals surface area contributed by atoms with E-state index < -0.39 is 0 Å². The van der Waals surface area contributed by atoms with Crippen molar-refractivity contribution in [3.63, 3.8) is 0 Å². The van der Waals surface area contributed by atoms with Gasteiger partial charge in [0.05, 0.1) is 12.0 Å². The number of carbonyl (C=O) groups excluding carboxylic acids is 1. The van der Waals surface area contributed by atoms with Crippen LogP contribution in [0.25, 0.3) is 0 Å². The Hall–Kier alpha value is -1.15. The van der Waals surface area contributed by atoms with Crippen molar-refractivity contribution in [2.45, 2.75) is 39.7 Å². The van der Waals surface area contributed by atoms with Crippen molar-refractivity contribution in [1.82, 2.24) is 0 Å². The summed E-state index contributed by atoms with van der Waals surface area (Å²) < 4.78 is 5.60. The van der Waals surface area contributed by atoms with Crippen LogP contribution in [0.15, 0.2) is 18.2 Å². The van der Waals surface area contributed by atoms with E-state index in [2.05, 4.69) is 13.0 Å². The van der Waals surface area contributed by atoms with Crippen molar-refractivity contribution in [3.05, 3.63) is 34.9 Å². The number of aryl methyl sites for hydroxylation is 2. The predicted molar refractivity (Wildman–Crippen MR) is 68.4 cm³/mol. The molecule has 1 saturated heterocycles. The molecule has 0 saturated carbocycles. The van der Waals surface area contributed by atoms with Gasteiger partial charge in [0, 0.05) is 12.2 Å². The minimum Gasteiger partial charge on any atom is -0.377 e. The number of ketones is 1. The summed E-state index contributed by atoms with van der Waals surface area (Å²) >= 11 is 0. The summed E-state index contributed by atoms with van der Waals surface area (Å²) in [5, 5.41) is 0. The van der Waals surface area contributed by atoms with E-state index in [1.165, 1.54) is 0 Å². The minimum atomic E-state index is 0.0567. The molecule has 1 aliphatic heterocycles. The molecule has 1 aliphatic rings. The lowest BCUT2D eigenvalue weighted by Crippen LogP contribution is -2.23. The number of ether oxygens (including phenoxy) is 1. The lowest BCUT2D eigenvalue weighted by molar-refractivity contribution is 0.0689. The molecule has 0 aliphatic carbocycles. The number of rotatable bonds is 3. The molecule has 2 nitrogen and oxygen atoms in total. The lowest BCUT2D eigenvalue weighted by Gasteiger charge is -2.16. The highest BCUT2D eigenvalue weighted by atomic mass is 16.5. The number of hydrogen-bond donors (Lipinski definition) is 0. The van der Waals surface area contributed by atoms with Crippen LogP contribution in [0.1, 0.15) is 41.3 Å². The molecule has 92 valence electrons. The van der Waals surface area contributed by atoms with Crippen LogP contribution in [0.3, 0.4) is 0 Å². The van der Waals surface area contributed by atoms with Crippen molar-refractivity contribution in [2.75, 3.05) is 6.61 Å². The maximum Gasteiger partial charge on any atom is 0.168 e. The van der Waals surface area contributed by atoms with Crippen molar-refractivity contribution in [3.8, 4) is 0 Å². The summed E-state index contributed by atoms with van der Waals surface area (Å²) in [5.74, 6) is 0.308. The van der Waals surface area contributed by atoms with E-state index in [1.54, 1.807) is 0 Å². The predicted octanol–water partition coefficient (Wildman–Crippen LogP) is 3.30. The van der Waals surface area contributed by atoms with E-state index >= 15 is 0 Å². The molecular formula is C15H20O2. The molecule has 2 atom stereocenters. The van der Waals surface area contributed by atoms with E-state index in [0.29, 0.717) is 0 Å². The van der Waals surface area contributed by atoms with Crippen LogP contribution in [0.4, 0.5) is 0 Å². The molecule has 0 amide bonds. The Bertz CT molecular complexity index is 403. The van der Waals surface area contributed by atoms with Gasteiger partial charge in [-0.05, 0) is 38.8 Å². The summed E-state index contributed by atoms with van der Waals surface area (Å²) in [7, 11) is 0. The second-order valence-electron chi connectivity index (χ2n) is 4.95. The first-order valence-electron chi connectivity index (χ1n) is 6.36. The maximum atomic E-state index is 12.4. The Balaban J connectivity index is 2.24. The number of benzene rings is 1. The fourth-order valence-electron chi connectivity index (χ4n) is 2.68. The molecule has 0 radical (unpaired) electrons. The Morgan fingerprint density at radius 1 is 1.29 bits per heavy atom. The average Bonchev–Trinajstić information content (AvgIpc) is 2.74. The van der Waals surface area contributed by atoms with E-state index in [9.17, 15) is 4.79 Å². The fraction of sp³-hybridized carbons (Fsp3) is 0.533. The number of hydrogen-bond acceptors (Lipinski definition) is 2. The van der Waals surface area contributed by atoms with E-state index in [4.69, 9.17) is 4.74 Å². The van der Waals surface area contributed by atoms with Crippen LogP contribution in [0.5, 0.6) is 0 Å². The monoisotopic (exact) mass is 232 g/mol. The molecule has 0 bridgehead atoms. The van der Waals surface area contributed by atoms with Crippen LogP contribution < -0.4 is 0 Å². The van der Waals surface area contributed by atoms with Gasteiger partial charge in [-0.1, -0.05) is 24.1 Å². The highest BCUT2D eigenvalue weighted by Gasteiger charge is 2.33. The van der Waals surface area contributed by atoms with Crippen molar-refractivity contribution < 1.29 is 9.53 Å². The zero-order valence-corrected chi connectivity index (χ0v) is 10.8. The topological polar surface area (TPSA) is 26.3 Å². The van der Waals surface area contributed by atoms with Crippen molar-refractivity contribution >= 4 is 5.78 Å². The third-order valence-electron chi connectivity index (χ3n) is 3.45. The number of carbonyl (C=O) groups is 1. The van der Waals surface area contributed by atoms with Crippen LogP contribution in [-0.2, 0) is 4.74 Å². The summed E-state index contributed by atoms with van der Waals surface area (Å²) in [6, 6.07) is 6.07. The van der Waals surface area contributed by atoms with Gasteiger partial charge in [-0.3, -0.25) is 4.79 Å². The minimum absolute atomic E-state index is 0.0567. The van der Waals surface area contributed by atoms with Gasteiger partial charge >= 0.3 is 0 Å². The molecule has 2 unspecified atom stereocenters. The van der Waals surface area contributed by atoms with E-state index in [-0.39, 0.29) is 17.8 Å². The Morgan fingerprint density at radius 3 is 2.53 bits per heavy atom. The third kappa shape index (κ3) is 2.58. The van der Waals surface area contributed by atoms with E-state index in [1.807, 2.05) is 26.0 Å². The quantitative estimate of drug-likeness (QED) is 0.747. The Morgan fingerprint density at radius 2 is 1.94 bits per heavy atom. The first-order chi connectivity index (χ1) is 8.11. The van der Waals surface area contributed by atoms with Gasteiger partial charge in [0.1, 0.15) is 0 Å². The Labute approximate surface area is 103 Å². The smallest absolute Gasteiger partial charge is 0.168 e. The molecule has 2 heteroatoms.